The topological polar surface area (TPSA) is 19.4 Å². The lowest BCUT2D eigenvalue weighted by Gasteiger charge is -2.31. The zero-order valence-corrected chi connectivity index (χ0v) is 14.5. The van der Waals surface area contributed by atoms with Crippen LogP contribution in [-0.2, 0) is 0 Å². The maximum atomic E-state index is 4.64. The monoisotopic (exact) mass is 365 g/mol. The van der Waals surface area contributed by atoms with Crippen molar-refractivity contribution < 1.29 is 0 Å². The van der Waals surface area contributed by atoms with E-state index in [0.29, 0.717) is 0 Å². The molecule has 3 nitrogen and oxygen atoms in total. The maximum Gasteiger partial charge on any atom is 0.125 e. The Bertz CT molecular complexity index is 578. The van der Waals surface area contributed by atoms with E-state index in [-0.39, 0.29) is 17.0 Å². The van der Waals surface area contributed by atoms with Gasteiger partial charge in [-0.25, -0.2) is 4.98 Å². The Labute approximate surface area is 140 Å². The number of hydrogen-bond donors (Lipinski definition) is 0. The van der Waals surface area contributed by atoms with Crippen molar-refractivity contribution in [1.29, 1.82) is 0 Å². The molecule has 0 radical (unpaired) electrons. The molecule has 1 aromatic carbocycles. The molecule has 3 fully saturated rings. The molecule has 0 amide bonds. The molecule has 3 aliphatic rings. The number of benzene rings is 1. The minimum atomic E-state index is 0. The van der Waals surface area contributed by atoms with Crippen LogP contribution in [0.2, 0.25) is 0 Å². The molecule has 5 heteroatoms. The zero-order chi connectivity index (χ0) is 13.4. The van der Waals surface area contributed by atoms with Crippen molar-refractivity contribution in [3.05, 3.63) is 36.5 Å². The standard InChI is InChI=1S/C16H19N3S.BrH/c1-2-4-13(5-3-1)16-17-12-15(20-16)19-11-10-18-8-6-14(19)7-9-18;/h1-5,12,14H,6-11H2;1H. The summed E-state index contributed by atoms with van der Waals surface area (Å²) in [6.07, 6.45) is 4.68. The van der Waals surface area contributed by atoms with Gasteiger partial charge in [0.05, 0.1) is 6.20 Å². The van der Waals surface area contributed by atoms with Gasteiger partial charge in [-0.3, -0.25) is 0 Å². The fourth-order valence-corrected chi connectivity index (χ4v) is 4.31. The van der Waals surface area contributed by atoms with E-state index in [0.717, 1.165) is 17.6 Å². The third kappa shape index (κ3) is 3.00. The minimum Gasteiger partial charge on any atom is -0.358 e. The molecule has 0 aliphatic carbocycles. The van der Waals surface area contributed by atoms with Gasteiger partial charge in [0.15, 0.2) is 0 Å². The summed E-state index contributed by atoms with van der Waals surface area (Å²) in [5, 5.41) is 2.48. The Morgan fingerprint density at radius 3 is 2.52 bits per heavy atom. The molecule has 3 saturated heterocycles. The molecule has 112 valence electrons. The van der Waals surface area contributed by atoms with E-state index in [1.165, 1.54) is 43.0 Å². The lowest BCUT2D eigenvalue weighted by Crippen LogP contribution is -2.37. The highest BCUT2D eigenvalue weighted by molar-refractivity contribution is 8.93. The van der Waals surface area contributed by atoms with Crippen molar-refractivity contribution in [3.8, 4) is 10.6 Å². The second-order valence-electron chi connectivity index (χ2n) is 5.64. The van der Waals surface area contributed by atoms with Gasteiger partial charge in [-0.15, -0.1) is 17.0 Å². The number of anilines is 1. The van der Waals surface area contributed by atoms with Crippen molar-refractivity contribution in [2.45, 2.75) is 18.9 Å². The molecule has 2 bridgehead atoms. The summed E-state index contributed by atoms with van der Waals surface area (Å²) in [5.41, 5.74) is 1.23. The normalized spacial score (nSPS) is 24.5. The first-order valence-electron chi connectivity index (χ1n) is 7.40. The Morgan fingerprint density at radius 2 is 1.76 bits per heavy atom. The van der Waals surface area contributed by atoms with Gasteiger partial charge in [-0.1, -0.05) is 41.7 Å². The average molecular weight is 366 g/mol. The summed E-state index contributed by atoms with van der Waals surface area (Å²) in [7, 11) is 0. The lowest BCUT2D eigenvalue weighted by molar-refractivity contribution is 0.250. The van der Waals surface area contributed by atoms with E-state index in [1.54, 1.807) is 0 Å². The second kappa shape index (κ2) is 6.46. The van der Waals surface area contributed by atoms with Crippen molar-refractivity contribution >= 4 is 33.3 Å². The SMILES string of the molecule is Br.c1ccc(-c2ncc(N3CCN4CCC3CC4)s2)cc1. The molecule has 1 aromatic heterocycles. The molecular formula is C16H20BrN3S. The number of fused-ring (bicyclic) bond motifs is 4. The fraction of sp³-hybridized carbons (Fsp3) is 0.438. The molecule has 0 spiro atoms. The number of halogens is 1. The summed E-state index contributed by atoms with van der Waals surface area (Å²) < 4.78 is 0. The first-order chi connectivity index (χ1) is 9.90. The smallest absolute Gasteiger partial charge is 0.125 e. The van der Waals surface area contributed by atoms with Gasteiger partial charge >= 0.3 is 0 Å². The highest BCUT2D eigenvalue weighted by Gasteiger charge is 2.30. The van der Waals surface area contributed by atoms with Gasteiger partial charge in [0.25, 0.3) is 0 Å². The molecule has 4 heterocycles. The highest BCUT2D eigenvalue weighted by Crippen LogP contribution is 2.34. The van der Waals surface area contributed by atoms with Gasteiger partial charge in [-0.05, 0) is 12.8 Å². The van der Waals surface area contributed by atoms with Gasteiger partial charge in [-0.2, -0.15) is 0 Å². The van der Waals surface area contributed by atoms with Crippen LogP contribution in [0.25, 0.3) is 10.6 Å². The highest BCUT2D eigenvalue weighted by atomic mass is 79.9. The summed E-state index contributed by atoms with van der Waals surface area (Å²) in [6.45, 7) is 4.90. The van der Waals surface area contributed by atoms with E-state index in [2.05, 4.69) is 51.3 Å². The van der Waals surface area contributed by atoms with Crippen LogP contribution in [0.15, 0.2) is 36.5 Å². The fourth-order valence-electron chi connectivity index (χ4n) is 3.29. The van der Waals surface area contributed by atoms with E-state index in [1.807, 2.05) is 11.3 Å². The van der Waals surface area contributed by atoms with Gasteiger partial charge in [0.1, 0.15) is 10.0 Å². The molecule has 5 rings (SSSR count). The van der Waals surface area contributed by atoms with E-state index in [4.69, 9.17) is 0 Å². The third-order valence-corrected chi connectivity index (χ3v) is 5.54. The first-order valence-corrected chi connectivity index (χ1v) is 8.22. The molecule has 2 aromatic rings. The van der Waals surface area contributed by atoms with Crippen LogP contribution in [0.5, 0.6) is 0 Å². The molecular weight excluding hydrogens is 346 g/mol. The predicted octanol–water partition coefficient (Wildman–Crippen LogP) is 3.67. The molecule has 0 N–H and O–H groups in total. The number of nitrogens with zero attached hydrogens (tertiary/aromatic N) is 3. The zero-order valence-electron chi connectivity index (χ0n) is 11.9. The summed E-state index contributed by atoms with van der Waals surface area (Å²) in [6, 6.07) is 11.2. The van der Waals surface area contributed by atoms with Crippen LogP contribution in [0.1, 0.15) is 12.8 Å². The Kier molecular flexibility index (Phi) is 4.62. The van der Waals surface area contributed by atoms with Crippen LogP contribution < -0.4 is 4.90 Å². The summed E-state index contributed by atoms with van der Waals surface area (Å²) in [5.74, 6) is 0. The number of piperidine rings is 1. The molecule has 0 atom stereocenters. The van der Waals surface area contributed by atoms with Crippen molar-refractivity contribution in [2.75, 3.05) is 31.1 Å². The van der Waals surface area contributed by atoms with E-state index < -0.39 is 0 Å². The Hall–Kier alpha value is -0.910. The van der Waals surface area contributed by atoms with Crippen molar-refractivity contribution in [2.24, 2.45) is 0 Å². The maximum absolute atomic E-state index is 4.64. The molecule has 21 heavy (non-hydrogen) atoms. The first kappa shape index (κ1) is 15.0. The number of hydrogen-bond acceptors (Lipinski definition) is 4. The number of rotatable bonds is 2. The average Bonchev–Trinajstić information content (AvgIpc) is 2.81. The molecule has 0 unspecified atom stereocenters. The predicted molar refractivity (Wildman–Crippen MR) is 94.7 cm³/mol. The van der Waals surface area contributed by atoms with Gasteiger partial charge in [0.2, 0.25) is 0 Å². The minimum absolute atomic E-state index is 0. The van der Waals surface area contributed by atoms with Gasteiger partial charge < -0.3 is 9.80 Å². The quantitative estimate of drug-likeness (QED) is 0.809. The van der Waals surface area contributed by atoms with Crippen LogP contribution >= 0.6 is 28.3 Å². The summed E-state index contributed by atoms with van der Waals surface area (Å²) >= 11 is 1.84. The van der Waals surface area contributed by atoms with Crippen LogP contribution in [0, 0.1) is 0 Å². The largest absolute Gasteiger partial charge is 0.358 e. The number of aromatic nitrogens is 1. The third-order valence-electron chi connectivity index (χ3n) is 4.45. The summed E-state index contributed by atoms with van der Waals surface area (Å²) in [4.78, 5) is 9.83. The van der Waals surface area contributed by atoms with Crippen LogP contribution in [0.4, 0.5) is 5.00 Å². The Balaban J connectivity index is 0.00000132. The van der Waals surface area contributed by atoms with Gasteiger partial charge in [0, 0.05) is 37.8 Å². The van der Waals surface area contributed by atoms with E-state index >= 15 is 0 Å². The van der Waals surface area contributed by atoms with Crippen LogP contribution in [-0.4, -0.2) is 42.1 Å². The van der Waals surface area contributed by atoms with E-state index in [9.17, 15) is 0 Å². The van der Waals surface area contributed by atoms with Crippen molar-refractivity contribution in [3.63, 3.8) is 0 Å². The Morgan fingerprint density at radius 1 is 1.00 bits per heavy atom. The molecule has 3 aliphatic heterocycles. The number of thiazole rings is 1. The molecule has 0 saturated carbocycles. The van der Waals surface area contributed by atoms with Crippen LogP contribution in [0.3, 0.4) is 0 Å². The lowest BCUT2D eigenvalue weighted by atomic mass is 10.1. The van der Waals surface area contributed by atoms with Crippen molar-refractivity contribution in [1.82, 2.24) is 9.88 Å². The second-order valence-corrected chi connectivity index (χ2v) is 6.64.